The van der Waals surface area contributed by atoms with Crippen LogP contribution >= 0.6 is 0 Å². The minimum absolute atomic E-state index is 0.250. The molecule has 1 rings (SSSR count). The minimum Gasteiger partial charge on any atom is -0.381 e. The van der Waals surface area contributed by atoms with Gasteiger partial charge in [0.2, 0.25) is 5.82 Å². The van der Waals surface area contributed by atoms with Crippen LogP contribution in [0.5, 0.6) is 0 Å². The van der Waals surface area contributed by atoms with Crippen molar-refractivity contribution in [3.63, 3.8) is 0 Å². The summed E-state index contributed by atoms with van der Waals surface area (Å²) in [4.78, 5) is 11.1. The van der Waals surface area contributed by atoms with Crippen LogP contribution in [-0.4, -0.2) is 22.8 Å². The first kappa shape index (κ1) is 16.0. The number of aliphatic hydroxyl groups is 1. The van der Waals surface area contributed by atoms with Crippen LogP contribution in [0.25, 0.3) is 0 Å². The van der Waals surface area contributed by atoms with Crippen molar-refractivity contribution in [1.82, 2.24) is 5.43 Å². The van der Waals surface area contributed by atoms with E-state index in [1.807, 2.05) is 0 Å². The quantitative estimate of drug-likeness (QED) is 0.293. The van der Waals surface area contributed by atoms with Crippen molar-refractivity contribution in [3.05, 3.63) is 34.6 Å². The zero-order chi connectivity index (χ0) is 15.7. The highest BCUT2D eigenvalue weighted by Gasteiger charge is 2.25. The van der Waals surface area contributed by atoms with Gasteiger partial charge < -0.3 is 5.11 Å². The van der Waals surface area contributed by atoms with Gasteiger partial charge in [-0.3, -0.25) is 4.79 Å². The summed E-state index contributed by atoms with van der Waals surface area (Å²) < 4.78 is 64.8. The molecule has 0 bridgehead atoms. The van der Waals surface area contributed by atoms with E-state index in [0.29, 0.717) is 0 Å². The normalized spacial score (nSPS) is 12.0. The molecule has 0 atom stereocenters. The summed E-state index contributed by atoms with van der Waals surface area (Å²) in [6, 6.07) is 0. The van der Waals surface area contributed by atoms with E-state index in [0.717, 1.165) is 13.8 Å². The summed E-state index contributed by atoms with van der Waals surface area (Å²) in [7, 11) is 0. The summed E-state index contributed by atoms with van der Waals surface area (Å²) in [5.41, 5.74) is -1.45. The van der Waals surface area contributed by atoms with E-state index in [4.69, 9.17) is 0 Å². The fourth-order valence-corrected chi connectivity index (χ4v) is 1.03. The Bertz CT molecular complexity index is 552. The molecule has 1 aromatic rings. The Labute approximate surface area is 109 Å². The zero-order valence-electron chi connectivity index (χ0n) is 10.3. The highest BCUT2D eigenvalue weighted by atomic mass is 19.2. The van der Waals surface area contributed by atoms with Gasteiger partial charge in [-0.2, -0.15) is 5.10 Å². The predicted octanol–water partition coefficient (Wildman–Crippen LogP) is 1.60. The van der Waals surface area contributed by atoms with Crippen molar-refractivity contribution in [2.24, 2.45) is 5.10 Å². The number of carbonyl (C=O) groups excluding carboxylic acids is 1. The second-order valence-corrected chi connectivity index (χ2v) is 4.24. The summed E-state index contributed by atoms with van der Waals surface area (Å²) in [5, 5.41) is 12.2. The third kappa shape index (κ3) is 3.10. The average Bonchev–Trinajstić information content (AvgIpc) is 2.36. The van der Waals surface area contributed by atoms with Gasteiger partial charge in [-0.05, 0) is 13.8 Å². The molecule has 0 spiro atoms. The molecule has 0 aliphatic heterocycles. The Balaban J connectivity index is 3.08. The lowest BCUT2D eigenvalue weighted by molar-refractivity contribution is -0.136. The Morgan fingerprint density at radius 1 is 1.05 bits per heavy atom. The maximum absolute atomic E-state index is 13.2. The maximum atomic E-state index is 13.2. The van der Waals surface area contributed by atoms with Crippen LogP contribution < -0.4 is 5.43 Å². The van der Waals surface area contributed by atoms with Crippen LogP contribution in [0.1, 0.15) is 19.4 Å². The van der Waals surface area contributed by atoms with Gasteiger partial charge in [0.25, 0.3) is 5.91 Å². The van der Waals surface area contributed by atoms with Gasteiger partial charge in [0.1, 0.15) is 5.60 Å². The van der Waals surface area contributed by atoms with Gasteiger partial charge in [-0.1, -0.05) is 0 Å². The first-order valence-electron chi connectivity index (χ1n) is 5.14. The molecule has 9 heteroatoms. The van der Waals surface area contributed by atoms with Crippen LogP contribution in [0.4, 0.5) is 22.0 Å². The molecule has 110 valence electrons. The van der Waals surface area contributed by atoms with E-state index in [-0.39, 0.29) is 6.21 Å². The molecule has 4 nitrogen and oxygen atoms in total. The smallest absolute Gasteiger partial charge is 0.271 e. The Morgan fingerprint density at radius 2 is 1.45 bits per heavy atom. The van der Waals surface area contributed by atoms with Crippen LogP contribution in [0.3, 0.4) is 0 Å². The third-order valence-electron chi connectivity index (χ3n) is 2.16. The van der Waals surface area contributed by atoms with Gasteiger partial charge >= 0.3 is 0 Å². The molecule has 0 radical (unpaired) electrons. The van der Waals surface area contributed by atoms with E-state index in [2.05, 4.69) is 5.10 Å². The molecule has 0 heterocycles. The molecule has 20 heavy (non-hydrogen) atoms. The number of hydrogen-bond acceptors (Lipinski definition) is 3. The lowest BCUT2D eigenvalue weighted by Crippen LogP contribution is -2.39. The van der Waals surface area contributed by atoms with Gasteiger partial charge in [0.15, 0.2) is 23.3 Å². The monoisotopic (exact) mass is 296 g/mol. The van der Waals surface area contributed by atoms with Gasteiger partial charge in [-0.25, -0.2) is 27.4 Å². The first-order chi connectivity index (χ1) is 9.07. The molecule has 0 aliphatic carbocycles. The van der Waals surface area contributed by atoms with Gasteiger partial charge in [0, 0.05) is 0 Å². The number of halogens is 5. The number of benzene rings is 1. The third-order valence-corrected chi connectivity index (χ3v) is 2.16. The average molecular weight is 296 g/mol. The highest BCUT2D eigenvalue weighted by molar-refractivity contribution is 5.86. The number of rotatable bonds is 3. The number of hydrazone groups is 1. The molecular weight excluding hydrogens is 287 g/mol. The fourth-order valence-electron chi connectivity index (χ4n) is 1.03. The molecule has 0 fully saturated rings. The first-order valence-corrected chi connectivity index (χ1v) is 5.14. The number of carbonyl (C=O) groups is 1. The predicted molar refractivity (Wildman–Crippen MR) is 58.3 cm³/mol. The number of nitrogens with zero attached hydrogens (tertiary/aromatic N) is 1. The zero-order valence-corrected chi connectivity index (χ0v) is 10.3. The highest BCUT2D eigenvalue weighted by Crippen LogP contribution is 2.21. The topological polar surface area (TPSA) is 61.7 Å². The number of amides is 1. The molecule has 1 aromatic carbocycles. The SMILES string of the molecule is CC(C)(O)C(=O)NN=Cc1c(F)c(F)c(F)c(F)c1F. The lowest BCUT2D eigenvalue weighted by Gasteiger charge is -2.13. The maximum Gasteiger partial charge on any atom is 0.271 e. The molecule has 1 amide bonds. The summed E-state index contributed by atoms with van der Waals surface area (Å²) in [5.74, 6) is -11.7. The number of hydrogen-bond donors (Lipinski definition) is 2. The van der Waals surface area contributed by atoms with Crippen molar-refractivity contribution in [3.8, 4) is 0 Å². The largest absolute Gasteiger partial charge is 0.381 e. The minimum atomic E-state index is -2.29. The fraction of sp³-hybridized carbons (Fsp3) is 0.273. The molecule has 0 saturated carbocycles. The number of nitrogens with one attached hydrogen (secondary N) is 1. The Kier molecular flexibility index (Phi) is 4.43. The molecule has 0 saturated heterocycles. The van der Waals surface area contributed by atoms with Crippen molar-refractivity contribution in [1.29, 1.82) is 0 Å². The van der Waals surface area contributed by atoms with E-state index in [1.54, 1.807) is 5.43 Å². The van der Waals surface area contributed by atoms with Crippen molar-refractivity contribution in [2.75, 3.05) is 0 Å². The molecular formula is C11H9F5N2O2. The van der Waals surface area contributed by atoms with Crippen LogP contribution in [-0.2, 0) is 4.79 Å². The Hall–Kier alpha value is -2.03. The van der Waals surface area contributed by atoms with E-state index in [9.17, 15) is 31.9 Å². The van der Waals surface area contributed by atoms with E-state index in [1.165, 1.54) is 0 Å². The van der Waals surface area contributed by atoms with E-state index >= 15 is 0 Å². The van der Waals surface area contributed by atoms with Gasteiger partial charge in [-0.15, -0.1) is 0 Å². The van der Waals surface area contributed by atoms with E-state index < -0.39 is 46.2 Å². The molecule has 0 unspecified atom stereocenters. The van der Waals surface area contributed by atoms with Crippen LogP contribution in [0.2, 0.25) is 0 Å². The second-order valence-electron chi connectivity index (χ2n) is 4.24. The van der Waals surface area contributed by atoms with Crippen LogP contribution in [0.15, 0.2) is 5.10 Å². The summed E-state index contributed by atoms with van der Waals surface area (Å²) in [6.45, 7) is 2.21. The van der Waals surface area contributed by atoms with Crippen LogP contribution in [0, 0.1) is 29.1 Å². The second kappa shape index (κ2) is 5.53. The Morgan fingerprint density at radius 3 is 1.85 bits per heavy atom. The molecule has 0 aromatic heterocycles. The summed E-state index contributed by atoms with van der Waals surface area (Å²) >= 11 is 0. The molecule has 0 aliphatic rings. The summed E-state index contributed by atoms with van der Waals surface area (Å²) in [6.07, 6.45) is 0.250. The van der Waals surface area contributed by atoms with Crippen molar-refractivity contribution in [2.45, 2.75) is 19.4 Å². The van der Waals surface area contributed by atoms with Crippen molar-refractivity contribution >= 4 is 12.1 Å². The van der Waals surface area contributed by atoms with Crippen molar-refractivity contribution < 1.29 is 31.9 Å². The lowest BCUT2D eigenvalue weighted by atomic mass is 10.1. The van der Waals surface area contributed by atoms with Gasteiger partial charge in [0.05, 0.1) is 11.8 Å². The molecule has 2 N–H and O–H groups in total. The standard InChI is InChI=1S/C11H9F5N2O2/c1-11(2,20)10(19)18-17-3-4-5(12)7(14)9(16)8(15)6(4)13/h3,20H,1-2H3,(H,18,19).